The Kier molecular flexibility index (Phi) is 3.77. The summed E-state index contributed by atoms with van der Waals surface area (Å²) < 4.78 is 0. The van der Waals surface area contributed by atoms with Crippen LogP contribution < -0.4 is 4.90 Å². The highest BCUT2D eigenvalue weighted by Crippen LogP contribution is 2.37. The van der Waals surface area contributed by atoms with Gasteiger partial charge in [-0.05, 0) is 42.0 Å². The Bertz CT molecular complexity index is 570. The first kappa shape index (κ1) is 13.2. The summed E-state index contributed by atoms with van der Waals surface area (Å²) in [5.41, 5.74) is 5.75. The third kappa shape index (κ3) is 2.22. The maximum Gasteiger partial charge on any atom is 0.0408 e. The van der Waals surface area contributed by atoms with Crippen LogP contribution in [0.4, 0.5) is 5.69 Å². The topological polar surface area (TPSA) is 3.24 Å². The molecule has 1 heterocycles. The van der Waals surface area contributed by atoms with Crippen LogP contribution in [-0.4, -0.2) is 12.6 Å². The van der Waals surface area contributed by atoms with Crippen LogP contribution in [0, 0.1) is 0 Å². The SMILES string of the molecule is CCC(CC)N1CCc2c(-c3ccccc3)cccc21. The van der Waals surface area contributed by atoms with Gasteiger partial charge < -0.3 is 4.90 Å². The summed E-state index contributed by atoms with van der Waals surface area (Å²) >= 11 is 0. The Morgan fingerprint density at radius 1 is 0.950 bits per heavy atom. The molecular weight excluding hydrogens is 242 g/mol. The largest absolute Gasteiger partial charge is 0.368 e. The summed E-state index contributed by atoms with van der Waals surface area (Å²) in [5, 5.41) is 0. The van der Waals surface area contributed by atoms with Crippen LogP contribution >= 0.6 is 0 Å². The Hall–Kier alpha value is -1.76. The minimum absolute atomic E-state index is 0.683. The number of fused-ring (bicyclic) bond motifs is 1. The van der Waals surface area contributed by atoms with Gasteiger partial charge in [-0.15, -0.1) is 0 Å². The molecule has 0 aromatic heterocycles. The van der Waals surface area contributed by atoms with Crippen molar-refractivity contribution in [2.75, 3.05) is 11.4 Å². The standard InChI is InChI=1S/C19H23N/c1-3-16(4-2)20-14-13-18-17(11-8-12-19(18)20)15-9-6-5-7-10-15/h5-12,16H,3-4,13-14H2,1-2H3. The minimum atomic E-state index is 0.683. The van der Waals surface area contributed by atoms with Crippen LogP contribution in [0.15, 0.2) is 48.5 Å². The molecule has 0 amide bonds. The van der Waals surface area contributed by atoms with Crippen molar-refractivity contribution in [3.8, 4) is 11.1 Å². The van der Waals surface area contributed by atoms with Crippen LogP contribution in [-0.2, 0) is 6.42 Å². The maximum absolute atomic E-state index is 2.61. The highest BCUT2D eigenvalue weighted by molar-refractivity contribution is 5.76. The smallest absolute Gasteiger partial charge is 0.0408 e. The molecular formula is C19H23N. The second-order valence-electron chi connectivity index (χ2n) is 5.58. The quantitative estimate of drug-likeness (QED) is 0.759. The van der Waals surface area contributed by atoms with Gasteiger partial charge in [-0.25, -0.2) is 0 Å². The molecule has 0 radical (unpaired) electrons. The Balaban J connectivity index is 2.02. The molecule has 0 bridgehead atoms. The van der Waals surface area contributed by atoms with Gasteiger partial charge in [0.1, 0.15) is 0 Å². The van der Waals surface area contributed by atoms with Gasteiger partial charge in [0.05, 0.1) is 0 Å². The second-order valence-corrected chi connectivity index (χ2v) is 5.58. The Morgan fingerprint density at radius 2 is 1.70 bits per heavy atom. The zero-order chi connectivity index (χ0) is 13.9. The van der Waals surface area contributed by atoms with E-state index in [2.05, 4.69) is 67.3 Å². The maximum atomic E-state index is 2.61. The first-order valence-electron chi connectivity index (χ1n) is 7.79. The monoisotopic (exact) mass is 265 g/mol. The average Bonchev–Trinajstić information content (AvgIpc) is 2.94. The highest BCUT2D eigenvalue weighted by atomic mass is 15.2. The molecule has 0 unspecified atom stereocenters. The molecule has 2 aromatic carbocycles. The van der Waals surface area contributed by atoms with Crippen LogP contribution in [0.1, 0.15) is 32.3 Å². The van der Waals surface area contributed by atoms with E-state index < -0.39 is 0 Å². The molecule has 0 atom stereocenters. The molecule has 0 spiro atoms. The Morgan fingerprint density at radius 3 is 2.40 bits per heavy atom. The summed E-state index contributed by atoms with van der Waals surface area (Å²) in [6, 6.07) is 18.2. The molecule has 2 aromatic rings. The zero-order valence-electron chi connectivity index (χ0n) is 12.5. The van der Waals surface area contributed by atoms with Crippen LogP contribution in [0.5, 0.6) is 0 Å². The van der Waals surface area contributed by atoms with Gasteiger partial charge in [0.25, 0.3) is 0 Å². The van der Waals surface area contributed by atoms with Crippen molar-refractivity contribution in [3.05, 3.63) is 54.1 Å². The summed E-state index contributed by atoms with van der Waals surface area (Å²) in [5.74, 6) is 0. The van der Waals surface area contributed by atoms with Crippen molar-refractivity contribution in [2.24, 2.45) is 0 Å². The van der Waals surface area contributed by atoms with E-state index in [1.165, 1.54) is 48.2 Å². The van der Waals surface area contributed by atoms with Crippen LogP contribution in [0.25, 0.3) is 11.1 Å². The third-order valence-electron chi connectivity index (χ3n) is 4.53. The molecule has 20 heavy (non-hydrogen) atoms. The van der Waals surface area contributed by atoms with Crippen molar-refractivity contribution >= 4 is 5.69 Å². The van der Waals surface area contributed by atoms with Gasteiger partial charge in [-0.3, -0.25) is 0 Å². The normalized spacial score (nSPS) is 13.8. The predicted octanol–water partition coefficient (Wildman–Crippen LogP) is 4.90. The third-order valence-corrected chi connectivity index (χ3v) is 4.53. The van der Waals surface area contributed by atoms with E-state index in [0.717, 1.165) is 0 Å². The van der Waals surface area contributed by atoms with E-state index in [4.69, 9.17) is 0 Å². The lowest BCUT2D eigenvalue weighted by molar-refractivity contribution is 0.571. The highest BCUT2D eigenvalue weighted by Gasteiger charge is 2.25. The number of nitrogens with zero attached hydrogens (tertiary/aromatic N) is 1. The van der Waals surface area contributed by atoms with Crippen LogP contribution in [0.2, 0.25) is 0 Å². The van der Waals surface area contributed by atoms with Crippen molar-refractivity contribution < 1.29 is 0 Å². The fourth-order valence-electron chi connectivity index (χ4n) is 3.46. The van der Waals surface area contributed by atoms with Crippen LogP contribution in [0.3, 0.4) is 0 Å². The number of rotatable bonds is 4. The van der Waals surface area contributed by atoms with Crippen molar-refractivity contribution in [2.45, 2.75) is 39.2 Å². The van der Waals surface area contributed by atoms with Gasteiger partial charge in [0.15, 0.2) is 0 Å². The van der Waals surface area contributed by atoms with E-state index in [1.807, 2.05) is 0 Å². The second kappa shape index (κ2) is 5.70. The van der Waals surface area contributed by atoms with E-state index in [-0.39, 0.29) is 0 Å². The molecule has 0 saturated heterocycles. The van der Waals surface area contributed by atoms with Crippen molar-refractivity contribution in [1.29, 1.82) is 0 Å². The van der Waals surface area contributed by atoms with Gasteiger partial charge in [-0.1, -0.05) is 56.3 Å². The summed E-state index contributed by atoms with van der Waals surface area (Å²) in [7, 11) is 0. The summed E-state index contributed by atoms with van der Waals surface area (Å²) in [6.07, 6.45) is 3.63. The molecule has 0 aliphatic carbocycles. The van der Waals surface area contributed by atoms with E-state index >= 15 is 0 Å². The lowest BCUT2D eigenvalue weighted by atomic mass is 9.98. The molecule has 0 saturated carbocycles. The van der Waals surface area contributed by atoms with E-state index in [0.29, 0.717) is 6.04 Å². The molecule has 0 fully saturated rings. The zero-order valence-corrected chi connectivity index (χ0v) is 12.5. The van der Waals surface area contributed by atoms with Gasteiger partial charge in [-0.2, -0.15) is 0 Å². The molecule has 1 aliphatic rings. The summed E-state index contributed by atoms with van der Waals surface area (Å²) in [6.45, 7) is 5.77. The average molecular weight is 265 g/mol. The lowest BCUT2D eigenvalue weighted by Gasteiger charge is -2.28. The fraction of sp³-hybridized carbons (Fsp3) is 0.368. The lowest BCUT2D eigenvalue weighted by Crippen LogP contribution is -2.32. The first-order chi connectivity index (χ1) is 9.85. The number of anilines is 1. The molecule has 0 N–H and O–H groups in total. The number of benzene rings is 2. The molecule has 1 heteroatoms. The van der Waals surface area contributed by atoms with Gasteiger partial charge in [0.2, 0.25) is 0 Å². The number of hydrogen-bond acceptors (Lipinski definition) is 1. The first-order valence-corrected chi connectivity index (χ1v) is 7.79. The molecule has 3 rings (SSSR count). The number of hydrogen-bond donors (Lipinski definition) is 0. The Labute approximate surface area is 122 Å². The predicted molar refractivity (Wildman–Crippen MR) is 87.3 cm³/mol. The molecule has 1 nitrogen and oxygen atoms in total. The van der Waals surface area contributed by atoms with Crippen molar-refractivity contribution in [3.63, 3.8) is 0 Å². The van der Waals surface area contributed by atoms with Gasteiger partial charge in [0, 0.05) is 18.3 Å². The fourth-order valence-corrected chi connectivity index (χ4v) is 3.46. The molecule has 1 aliphatic heterocycles. The summed E-state index contributed by atoms with van der Waals surface area (Å²) in [4.78, 5) is 2.61. The van der Waals surface area contributed by atoms with E-state index in [9.17, 15) is 0 Å². The molecule has 104 valence electrons. The van der Waals surface area contributed by atoms with E-state index in [1.54, 1.807) is 0 Å². The minimum Gasteiger partial charge on any atom is -0.368 e. The van der Waals surface area contributed by atoms with Gasteiger partial charge >= 0.3 is 0 Å². The van der Waals surface area contributed by atoms with Crippen molar-refractivity contribution in [1.82, 2.24) is 0 Å².